The van der Waals surface area contributed by atoms with E-state index in [4.69, 9.17) is 4.74 Å². The monoisotopic (exact) mass is 402 g/mol. The van der Waals surface area contributed by atoms with Crippen molar-refractivity contribution in [3.63, 3.8) is 0 Å². The molecule has 29 heavy (non-hydrogen) atoms. The number of amides is 1. The van der Waals surface area contributed by atoms with Crippen molar-refractivity contribution in [3.8, 4) is 5.69 Å². The Bertz CT molecular complexity index is 836. The number of piperidine rings is 1. The fourth-order valence-corrected chi connectivity index (χ4v) is 3.64. The number of hydrogen-bond acceptors (Lipinski definition) is 4. The van der Waals surface area contributed by atoms with Gasteiger partial charge in [0.15, 0.2) is 0 Å². The zero-order valence-corrected chi connectivity index (χ0v) is 17.7. The zero-order valence-electron chi connectivity index (χ0n) is 17.7. The van der Waals surface area contributed by atoms with Crippen LogP contribution in [-0.4, -0.2) is 53.9 Å². The highest BCUT2D eigenvalue weighted by molar-refractivity contribution is 5.70. The SMILES string of the molecule is COC1CCN(CCc2cc(-n3nc(C(C)(C)C)cc3NC=O)ccc2F)CC1. The number of hydrogen-bond donors (Lipinski definition) is 1. The molecular formula is C22H31FN4O2. The molecule has 0 spiro atoms. The predicted molar refractivity (Wildman–Crippen MR) is 112 cm³/mol. The molecular weight excluding hydrogens is 371 g/mol. The molecule has 1 fully saturated rings. The Hall–Kier alpha value is -2.25. The molecule has 7 heteroatoms. The summed E-state index contributed by atoms with van der Waals surface area (Å²) < 4.78 is 21.5. The number of carbonyl (C=O) groups is 1. The fourth-order valence-electron chi connectivity index (χ4n) is 3.64. The van der Waals surface area contributed by atoms with Gasteiger partial charge in [-0.05, 0) is 43.0 Å². The van der Waals surface area contributed by atoms with Crippen molar-refractivity contribution in [1.82, 2.24) is 14.7 Å². The molecule has 0 saturated carbocycles. The molecule has 6 nitrogen and oxygen atoms in total. The summed E-state index contributed by atoms with van der Waals surface area (Å²) in [7, 11) is 1.76. The number of methoxy groups -OCH3 is 1. The van der Waals surface area contributed by atoms with Crippen molar-refractivity contribution in [1.29, 1.82) is 0 Å². The van der Waals surface area contributed by atoms with Gasteiger partial charge in [0.2, 0.25) is 6.41 Å². The van der Waals surface area contributed by atoms with Crippen molar-refractivity contribution in [2.45, 2.75) is 51.6 Å². The van der Waals surface area contributed by atoms with Gasteiger partial charge in [-0.15, -0.1) is 0 Å². The average Bonchev–Trinajstić information content (AvgIpc) is 3.12. The van der Waals surface area contributed by atoms with Crippen molar-refractivity contribution in [2.24, 2.45) is 0 Å². The average molecular weight is 403 g/mol. The van der Waals surface area contributed by atoms with Crippen LogP contribution in [0.3, 0.4) is 0 Å². The lowest BCUT2D eigenvalue weighted by Gasteiger charge is -2.31. The van der Waals surface area contributed by atoms with Crippen LogP contribution in [0, 0.1) is 5.82 Å². The lowest BCUT2D eigenvalue weighted by Crippen LogP contribution is -2.37. The Kier molecular flexibility index (Phi) is 6.70. The maximum atomic E-state index is 14.5. The minimum Gasteiger partial charge on any atom is -0.381 e. The van der Waals surface area contributed by atoms with E-state index in [1.165, 1.54) is 6.07 Å². The van der Waals surface area contributed by atoms with Gasteiger partial charge in [-0.25, -0.2) is 9.07 Å². The van der Waals surface area contributed by atoms with E-state index in [-0.39, 0.29) is 11.2 Å². The van der Waals surface area contributed by atoms with Crippen molar-refractivity contribution in [3.05, 3.63) is 41.3 Å². The first-order valence-corrected chi connectivity index (χ1v) is 10.2. The van der Waals surface area contributed by atoms with E-state index in [9.17, 15) is 9.18 Å². The second-order valence-electron chi connectivity index (χ2n) is 8.64. The number of benzene rings is 1. The van der Waals surface area contributed by atoms with E-state index in [1.54, 1.807) is 17.9 Å². The largest absolute Gasteiger partial charge is 0.381 e. The number of rotatable bonds is 7. The topological polar surface area (TPSA) is 59.4 Å². The first-order chi connectivity index (χ1) is 13.8. The highest BCUT2D eigenvalue weighted by Crippen LogP contribution is 2.27. The normalized spacial score (nSPS) is 16.2. The van der Waals surface area contributed by atoms with E-state index in [0.29, 0.717) is 30.3 Å². The second-order valence-corrected chi connectivity index (χ2v) is 8.64. The van der Waals surface area contributed by atoms with Gasteiger partial charge in [0, 0.05) is 38.2 Å². The lowest BCUT2D eigenvalue weighted by molar-refractivity contribution is -0.105. The maximum Gasteiger partial charge on any atom is 0.212 e. The van der Waals surface area contributed by atoms with Crippen molar-refractivity contribution >= 4 is 12.2 Å². The van der Waals surface area contributed by atoms with Crippen LogP contribution < -0.4 is 5.32 Å². The number of aromatic nitrogens is 2. The highest BCUT2D eigenvalue weighted by atomic mass is 19.1. The third kappa shape index (κ3) is 5.22. The maximum absolute atomic E-state index is 14.5. The molecule has 0 bridgehead atoms. The van der Waals surface area contributed by atoms with E-state index in [2.05, 4.69) is 36.1 Å². The smallest absolute Gasteiger partial charge is 0.212 e. The molecule has 1 saturated heterocycles. The molecule has 0 atom stereocenters. The molecule has 2 aromatic rings. The summed E-state index contributed by atoms with van der Waals surface area (Å²) in [6, 6.07) is 6.85. The number of nitrogens with zero attached hydrogens (tertiary/aromatic N) is 3. The number of ether oxygens (including phenoxy) is 1. The number of anilines is 1. The van der Waals surface area contributed by atoms with Crippen LogP contribution in [0.15, 0.2) is 24.3 Å². The minimum atomic E-state index is -0.214. The summed E-state index contributed by atoms with van der Waals surface area (Å²) in [5, 5.41) is 7.36. The van der Waals surface area contributed by atoms with Crippen molar-refractivity contribution in [2.75, 3.05) is 32.1 Å². The number of nitrogens with one attached hydrogen (secondary N) is 1. The molecule has 0 radical (unpaired) electrons. The van der Waals surface area contributed by atoms with Crippen molar-refractivity contribution < 1.29 is 13.9 Å². The molecule has 2 heterocycles. The van der Waals surface area contributed by atoms with Crippen LogP contribution in [0.25, 0.3) is 5.69 Å². The van der Waals surface area contributed by atoms with Gasteiger partial charge < -0.3 is 15.0 Å². The number of halogens is 1. The summed E-state index contributed by atoms with van der Waals surface area (Å²) in [6.45, 7) is 8.94. The van der Waals surface area contributed by atoms with Crippen LogP contribution in [0.5, 0.6) is 0 Å². The lowest BCUT2D eigenvalue weighted by atomic mass is 9.92. The summed E-state index contributed by atoms with van der Waals surface area (Å²) >= 11 is 0. The third-order valence-corrected chi connectivity index (χ3v) is 5.52. The van der Waals surface area contributed by atoms with Crippen LogP contribution in [0.2, 0.25) is 0 Å². The molecule has 0 unspecified atom stereocenters. The van der Waals surface area contributed by atoms with Crippen LogP contribution >= 0.6 is 0 Å². The Morgan fingerprint density at radius 1 is 1.28 bits per heavy atom. The summed E-state index contributed by atoms with van der Waals surface area (Å²) in [5.74, 6) is 0.359. The highest BCUT2D eigenvalue weighted by Gasteiger charge is 2.22. The Balaban J connectivity index is 1.78. The van der Waals surface area contributed by atoms with Crippen LogP contribution in [-0.2, 0) is 21.4 Å². The second kappa shape index (κ2) is 9.05. The van der Waals surface area contributed by atoms with E-state index >= 15 is 0 Å². The fraction of sp³-hybridized carbons (Fsp3) is 0.545. The minimum absolute atomic E-state index is 0.165. The van der Waals surface area contributed by atoms with Gasteiger partial charge in [0.05, 0.1) is 17.5 Å². The Morgan fingerprint density at radius 3 is 2.62 bits per heavy atom. The summed E-state index contributed by atoms with van der Waals surface area (Å²) in [4.78, 5) is 13.4. The molecule has 1 amide bonds. The third-order valence-electron chi connectivity index (χ3n) is 5.52. The van der Waals surface area contributed by atoms with Crippen LogP contribution in [0.4, 0.5) is 10.2 Å². The van der Waals surface area contributed by atoms with Crippen LogP contribution in [0.1, 0.15) is 44.9 Å². The van der Waals surface area contributed by atoms with E-state index in [0.717, 1.165) is 43.9 Å². The van der Waals surface area contributed by atoms with Gasteiger partial charge >= 0.3 is 0 Å². The number of carbonyl (C=O) groups excluding carboxylic acids is 1. The standard InChI is InChI=1S/C22H31FN4O2/c1-22(2,3)20-14-21(24-15-28)27(25-20)17-5-6-19(23)16(13-17)7-10-26-11-8-18(29-4)9-12-26/h5-6,13-15,18H,7-12H2,1-4H3,(H,24,28). The molecule has 1 aromatic heterocycles. The Morgan fingerprint density at radius 2 is 2.00 bits per heavy atom. The molecule has 0 aliphatic carbocycles. The van der Waals surface area contributed by atoms with E-state index in [1.807, 2.05) is 12.1 Å². The first kappa shape index (κ1) is 21.5. The van der Waals surface area contributed by atoms with E-state index < -0.39 is 0 Å². The number of likely N-dealkylation sites (tertiary alicyclic amines) is 1. The van der Waals surface area contributed by atoms with Gasteiger partial charge in [-0.2, -0.15) is 5.10 Å². The molecule has 158 valence electrons. The molecule has 1 N–H and O–H groups in total. The first-order valence-electron chi connectivity index (χ1n) is 10.2. The Labute approximate surface area is 172 Å². The quantitative estimate of drug-likeness (QED) is 0.720. The molecule has 1 aliphatic rings. The van der Waals surface area contributed by atoms with Gasteiger partial charge in [0.25, 0.3) is 0 Å². The molecule has 1 aromatic carbocycles. The molecule has 3 rings (SSSR count). The summed E-state index contributed by atoms with van der Waals surface area (Å²) in [6.07, 6.45) is 3.63. The van der Waals surface area contributed by atoms with Gasteiger partial charge in [-0.1, -0.05) is 20.8 Å². The zero-order chi connectivity index (χ0) is 21.0. The van der Waals surface area contributed by atoms with Gasteiger partial charge in [0.1, 0.15) is 11.6 Å². The van der Waals surface area contributed by atoms with Gasteiger partial charge in [-0.3, -0.25) is 4.79 Å². The molecule has 1 aliphatic heterocycles. The summed E-state index contributed by atoms with van der Waals surface area (Å²) in [5.41, 5.74) is 2.08. The predicted octanol–water partition coefficient (Wildman–Crippen LogP) is 3.53.